The van der Waals surface area contributed by atoms with E-state index in [4.69, 9.17) is 5.73 Å². The average Bonchev–Trinajstić information content (AvgIpc) is 2.91. The molecule has 0 bridgehead atoms. The van der Waals surface area contributed by atoms with Crippen molar-refractivity contribution in [3.8, 4) is 0 Å². The number of carbonyl (C=O) groups is 2. The molecule has 124 valence electrons. The van der Waals surface area contributed by atoms with E-state index in [-0.39, 0.29) is 29.4 Å². The second-order valence-corrected chi connectivity index (χ2v) is 7.73. The van der Waals surface area contributed by atoms with Gasteiger partial charge in [-0.3, -0.25) is 9.69 Å². The molecule has 2 aliphatic heterocycles. The second kappa shape index (κ2) is 7.27. The molecule has 23 heavy (non-hydrogen) atoms. The summed E-state index contributed by atoms with van der Waals surface area (Å²) in [7, 11) is 0. The Morgan fingerprint density at radius 2 is 2.35 bits per heavy atom. The van der Waals surface area contributed by atoms with Gasteiger partial charge in [-0.1, -0.05) is 11.8 Å². The minimum atomic E-state index is -1.09. The van der Waals surface area contributed by atoms with E-state index in [1.54, 1.807) is 5.51 Å². The van der Waals surface area contributed by atoms with Gasteiger partial charge in [0.25, 0.3) is 0 Å². The van der Waals surface area contributed by atoms with E-state index in [0.29, 0.717) is 10.7 Å². The number of nitrogens with zero attached hydrogens (tertiary/aromatic N) is 2. The Hall–Kier alpha value is -1.00. The van der Waals surface area contributed by atoms with Gasteiger partial charge < -0.3 is 10.8 Å². The Labute approximate surface area is 151 Å². The Morgan fingerprint density at radius 1 is 1.61 bits per heavy atom. The highest BCUT2D eigenvalue weighted by Crippen LogP contribution is 2.43. The summed E-state index contributed by atoms with van der Waals surface area (Å²) in [6.07, 6.45) is 1.91. The summed E-state index contributed by atoms with van der Waals surface area (Å²) in [6.45, 7) is 1.92. The molecule has 1 aromatic rings. The highest BCUT2D eigenvalue weighted by molar-refractivity contribution is 8.08. The van der Waals surface area contributed by atoms with Crippen LogP contribution in [-0.4, -0.2) is 44.0 Å². The number of carbonyl (C=O) groups excluding carboxylic acids is 1. The van der Waals surface area contributed by atoms with Crippen LogP contribution in [0, 0.1) is 6.92 Å². The molecule has 6 nitrogen and oxygen atoms in total. The van der Waals surface area contributed by atoms with Crippen LogP contribution in [0.1, 0.15) is 10.6 Å². The van der Waals surface area contributed by atoms with Crippen molar-refractivity contribution in [2.45, 2.75) is 18.3 Å². The number of amides is 1. The monoisotopic (exact) mass is 391 g/mol. The van der Waals surface area contributed by atoms with Gasteiger partial charge in [0.2, 0.25) is 5.91 Å². The van der Waals surface area contributed by atoms with Crippen LogP contribution >= 0.6 is 47.3 Å². The number of thioether (sulfide) groups is 2. The van der Waals surface area contributed by atoms with Gasteiger partial charge in [-0.05, 0) is 18.4 Å². The van der Waals surface area contributed by atoms with Crippen molar-refractivity contribution in [1.29, 1.82) is 0 Å². The number of aromatic nitrogens is 1. The molecule has 0 radical (unpaired) electrons. The molecule has 0 aromatic carbocycles. The van der Waals surface area contributed by atoms with E-state index >= 15 is 0 Å². The summed E-state index contributed by atoms with van der Waals surface area (Å²) in [5, 5.41) is 11.0. The number of thiazole rings is 1. The number of halogens is 1. The van der Waals surface area contributed by atoms with Gasteiger partial charge in [0, 0.05) is 10.7 Å². The molecule has 1 saturated heterocycles. The van der Waals surface area contributed by atoms with Crippen molar-refractivity contribution in [2.75, 3.05) is 5.75 Å². The van der Waals surface area contributed by atoms with Crippen LogP contribution in [0.2, 0.25) is 0 Å². The number of aryl methyl sites for hydroxylation is 1. The molecule has 1 amide bonds. The molecular weight excluding hydrogens is 378 g/mol. The van der Waals surface area contributed by atoms with E-state index < -0.39 is 12.0 Å². The molecule has 3 heterocycles. The maximum Gasteiger partial charge on any atom is 0.353 e. The van der Waals surface area contributed by atoms with Crippen LogP contribution in [0.15, 0.2) is 21.5 Å². The number of hydrogen-bond acceptors (Lipinski definition) is 7. The van der Waals surface area contributed by atoms with Gasteiger partial charge in [-0.15, -0.1) is 35.5 Å². The molecule has 1 aromatic heterocycles. The third kappa shape index (κ3) is 3.29. The minimum Gasteiger partial charge on any atom is -0.477 e. The van der Waals surface area contributed by atoms with Crippen molar-refractivity contribution in [1.82, 2.24) is 9.88 Å². The van der Waals surface area contributed by atoms with Gasteiger partial charge in [-0.2, -0.15) is 0 Å². The number of carboxylic acids is 1. The lowest BCUT2D eigenvalue weighted by atomic mass is 10.1. The molecule has 0 spiro atoms. The highest BCUT2D eigenvalue weighted by atomic mass is 35.5. The zero-order valence-electron chi connectivity index (χ0n) is 12.0. The predicted octanol–water partition coefficient (Wildman–Crippen LogP) is 2.12. The minimum absolute atomic E-state index is 0. The summed E-state index contributed by atoms with van der Waals surface area (Å²) < 4.78 is 0. The first-order chi connectivity index (χ1) is 10.5. The molecule has 0 saturated carbocycles. The Bertz CT molecular complexity index is 704. The molecule has 1 fully saturated rings. The summed E-state index contributed by atoms with van der Waals surface area (Å²) in [5.74, 6) is -0.870. The SMILES string of the molecule is Cc1ncsc1/C=C\SC1=C(C(=O)O)N2C(=O)[C@@H](N)[C@H]2SC1.Cl. The lowest BCUT2D eigenvalue weighted by Crippen LogP contribution is -2.68. The van der Waals surface area contributed by atoms with Crippen LogP contribution in [0.25, 0.3) is 6.08 Å². The molecule has 10 heteroatoms. The lowest BCUT2D eigenvalue weighted by Gasteiger charge is -2.47. The Balaban J connectivity index is 0.00000192. The number of β-lactam (4-membered cyclic amide) rings is 1. The third-order valence-corrected chi connectivity index (χ3v) is 6.66. The van der Waals surface area contributed by atoms with Crippen molar-refractivity contribution in [2.24, 2.45) is 5.73 Å². The topological polar surface area (TPSA) is 96.5 Å². The number of hydrogen-bond donors (Lipinski definition) is 2. The smallest absolute Gasteiger partial charge is 0.353 e. The van der Waals surface area contributed by atoms with Crippen molar-refractivity contribution < 1.29 is 14.7 Å². The maximum absolute atomic E-state index is 11.8. The van der Waals surface area contributed by atoms with Gasteiger partial charge in [0.05, 0.1) is 16.1 Å². The quantitative estimate of drug-likeness (QED) is 0.758. The number of carboxylic acid groups (broad SMARTS) is 1. The fourth-order valence-electron chi connectivity index (χ4n) is 2.23. The molecule has 3 N–H and O–H groups in total. The summed E-state index contributed by atoms with van der Waals surface area (Å²) >= 11 is 4.35. The second-order valence-electron chi connectivity index (χ2n) is 4.74. The van der Waals surface area contributed by atoms with E-state index in [0.717, 1.165) is 10.6 Å². The van der Waals surface area contributed by atoms with Gasteiger partial charge in [0.1, 0.15) is 17.1 Å². The van der Waals surface area contributed by atoms with E-state index in [9.17, 15) is 14.7 Å². The standard InChI is InChI=1S/C13H13N3O3S3.ClH/c1-6-7(22-5-15-6)2-3-20-8-4-21-12-9(14)11(17)16(12)10(8)13(18)19;/h2-3,5,9,12H,4,14H2,1H3,(H,18,19);1H/b3-2-;/t9-,12-;/m1./s1. The van der Waals surface area contributed by atoms with E-state index in [2.05, 4.69) is 4.98 Å². The fourth-order valence-corrected chi connectivity index (χ4v) is 5.29. The fraction of sp³-hybridized carbons (Fsp3) is 0.308. The van der Waals surface area contributed by atoms with Crippen molar-refractivity contribution >= 4 is 65.2 Å². The van der Waals surface area contributed by atoms with E-state index in [1.165, 1.54) is 39.8 Å². The molecular formula is C13H14ClN3O3S3. The number of fused-ring (bicyclic) bond motifs is 1. The summed E-state index contributed by atoms with van der Waals surface area (Å²) in [5.41, 5.74) is 8.48. The molecule has 2 atom stereocenters. The lowest BCUT2D eigenvalue weighted by molar-refractivity contribution is -0.147. The first-order valence-corrected chi connectivity index (χ1v) is 9.21. The first-order valence-electron chi connectivity index (χ1n) is 6.40. The van der Waals surface area contributed by atoms with Crippen LogP contribution in [0.5, 0.6) is 0 Å². The van der Waals surface area contributed by atoms with Crippen LogP contribution in [-0.2, 0) is 9.59 Å². The summed E-state index contributed by atoms with van der Waals surface area (Å²) in [4.78, 5) is 30.5. The number of rotatable bonds is 4. The largest absolute Gasteiger partial charge is 0.477 e. The average molecular weight is 392 g/mol. The van der Waals surface area contributed by atoms with Crippen molar-refractivity contribution in [3.05, 3.63) is 32.1 Å². The van der Waals surface area contributed by atoms with Gasteiger partial charge in [0.15, 0.2) is 0 Å². The Morgan fingerprint density at radius 3 is 2.96 bits per heavy atom. The Kier molecular flexibility index (Phi) is 5.79. The predicted molar refractivity (Wildman–Crippen MR) is 96.5 cm³/mol. The zero-order chi connectivity index (χ0) is 15.9. The normalized spacial score (nSPS) is 23.6. The first kappa shape index (κ1) is 18.3. The molecule has 0 aliphatic carbocycles. The zero-order valence-corrected chi connectivity index (χ0v) is 15.2. The van der Waals surface area contributed by atoms with Gasteiger partial charge in [-0.25, -0.2) is 9.78 Å². The molecule has 3 rings (SSSR count). The number of nitrogens with two attached hydrogens (primary N) is 1. The third-order valence-electron chi connectivity index (χ3n) is 3.39. The van der Waals surface area contributed by atoms with E-state index in [1.807, 2.05) is 18.4 Å². The van der Waals surface area contributed by atoms with Crippen LogP contribution in [0.3, 0.4) is 0 Å². The van der Waals surface area contributed by atoms with Crippen LogP contribution in [0.4, 0.5) is 0 Å². The van der Waals surface area contributed by atoms with Crippen LogP contribution < -0.4 is 5.73 Å². The van der Waals surface area contributed by atoms with Crippen molar-refractivity contribution in [3.63, 3.8) is 0 Å². The summed E-state index contributed by atoms with van der Waals surface area (Å²) in [6, 6.07) is -0.596. The number of aliphatic carboxylic acids is 1. The molecule has 2 aliphatic rings. The highest BCUT2D eigenvalue weighted by Gasteiger charge is 2.51. The maximum atomic E-state index is 11.8. The molecule has 0 unspecified atom stereocenters. The van der Waals surface area contributed by atoms with Gasteiger partial charge >= 0.3 is 5.97 Å².